The van der Waals surface area contributed by atoms with E-state index in [1.165, 1.54) is 93.9 Å². The average Bonchev–Trinajstić information content (AvgIpc) is 2.95. The molecule has 8 fully saturated rings. The third-order valence-corrected chi connectivity index (χ3v) is 18.0. The molecule has 2 heteroatoms. The van der Waals surface area contributed by atoms with Gasteiger partial charge in [-0.2, -0.15) is 0 Å². The lowest BCUT2D eigenvalue weighted by Gasteiger charge is -2.67. The number of ether oxygens (including phenoxy) is 1. The molecule has 10 rings (SSSR count). The second-order valence-corrected chi connectivity index (χ2v) is 21.5. The van der Waals surface area contributed by atoms with Gasteiger partial charge in [0.1, 0.15) is 5.75 Å². The Hall–Kier alpha value is -1.33. The highest BCUT2D eigenvalue weighted by atomic mass is 31.1. The van der Waals surface area contributed by atoms with E-state index in [4.69, 9.17) is 4.74 Å². The quantitative estimate of drug-likeness (QED) is 0.266. The third-order valence-electron chi connectivity index (χ3n) is 14.1. The molecule has 1 nitrogen and oxygen atoms in total. The first-order valence-electron chi connectivity index (χ1n) is 19.1. The van der Waals surface area contributed by atoms with E-state index in [2.05, 4.69) is 72.7 Å². The highest BCUT2D eigenvalue weighted by Gasteiger charge is 2.64. The van der Waals surface area contributed by atoms with Crippen LogP contribution in [0.25, 0.3) is 11.1 Å². The Morgan fingerprint density at radius 1 is 0.600 bits per heavy atom. The monoisotopic (exact) mass is 624 g/mol. The van der Waals surface area contributed by atoms with Crippen molar-refractivity contribution in [2.24, 2.45) is 35.5 Å². The van der Waals surface area contributed by atoms with Gasteiger partial charge < -0.3 is 4.74 Å². The second-order valence-electron chi connectivity index (χ2n) is 18.5. The second kappa shape index (κ2) is 11.1. The summed E-state index contributed by atoms with van der Waals surface area (Å²) in [5.41, 5.74) is 9.38. The van der Waals surface area contributed by atoms with Crippen molar-refractivity contribution in [1.82, 2.24) is 0 Å². The molecule has 244 valence electrons. The summed E-state index contributed by atoms with van der Waals surface area (Å²) in [6, 6.07) is 10.1. The van der Waals surface area contributed by atoms with Gasteiger partial charge in [0.25, 0.3) is 0 Å². The molecule has 2 aromatic rings. The molecule has 8 saturated carbocycles. The van der Waals surface area contributed by atoms with Crippen molar-refractivity contribution in [3.05, 3.63) is 46.5 Å². The number of hydrogen-bond donors (Lipinski definition) is 0. The summed E-state index contributed by atoms with van der Waals surface area (Å²) in [5.74, 6) is 8.65. The molecule has 0 radical (unpaired) electrons. The highest BCUT2D eigenvalue weighted by molar-refractivity contribution is 7.69. The molecule has 0 spiro atoms. The van der Waals surface area contributed by atoms with Gasteiger partial charge in [-0.3, -0.25) is 0 Å². The fraction of sp³-hybridized carbons (Fsp3) is 0.721. The van der Waals surface area contributed by atoms with Gasteiger partial charge in [0.05, 0.1) is 7.11 Å². The third kappa shape index (κ3) is 4.93. The SMILES string of the molecule is COc1ccc(C)c(-c2c(C(C)C)cc(C(C)C)cc2C(C)C)c1P(C12CC3CC(CC(C3)C1)C2)C12CC3CC(CC(C3)C1)C2. The van der Waals surface area contributed by atoms with Crippen molar-refractivity contribution in [2.45, 2.75) is 154 Å². The fourth-order valence-electron chi connectivity index (χ4n) is 13.3. The van der Waals surface area contributed by atoms with Crippen LogP contribution in [0.2, 0.25) is 0 Å². The van der Waals surface area contributed by atoms with Crippen molar-refractivity contribution in [3.63, 3.8) is 0 Å². The topological polar surface area (TPSA) is 9.23 Å². The van der Waals surface area contributed by atoms with Gasteiger partial charge in [-0.1, -0.05) is 67.7 Å². The molecule has 8 bridgehead atoms. The molecular weight excluding hydrogens is 563 g/mol. The molecule has 0 N–H and O–H groups in total. The van der Waals surface area contributed by atoms with Crippen molar-refractivity contribution < 1.29 is 4.74 Å². The lowest BCUT2D eigenvalue weighted by atomic mass is 9.55. The zero-order valence-corrected chi connectivity index (χ0v) is 30.7. The molecule has 0 heterocycles. The first-order valence-corrected chi connectivity index (χ1v) is 20.5. The lowest BCUT2D eigenvalue weighted by Crippen LogP contribution is -2.58. The van der Waals surface area contributed by atoms with Gasteiger partial charge in [0.15, 0.2) is 0 Å². The van der Waals surface area contributed by atoms with Crippen molar-refractivity contribution in [1.29, 1.82) is 0 Å². The molecular formula is C43H61OP. The van der Waals surface area contributed by atoms with Crippen molar-refractivity contribution in [2.75, 3.05) is 7.11 Å². The maximum Gasteiger partial charge on any atom is 0.127 e. The summed E-state index contributed by atoms with van der Waals surface area (Å²) in [4.78, 5) is 0. The van der Waals surface area contributed by atoms with Crippen molar-refractivity contribution in [3.8, 4) is 16.9 Å². The van der Waals surface area contributed by atoms with Gasteiger partial charge >= 0.3 is 0 Å². The van der Waals surface area contributed by atoms with Crippen LogP contribution in [0.15, 0.2) is 24.3 Å². The number of methoxy groups -OCH3 is 1. The van der Waals surface area contributed by atoms with Crippen LogP contribution in [0.4, 0.5) is 0 Å². The van der Waals surface area contributed by atoms with E-state index in [-0.39, 0.29) is 0 Å². The minimum Gasteiger partial charge on any atom is -0.496 e. The van der Waals surface area contributed by atoms with E-state index in [1.807, 2.05) is 7.11 Å². The van der Waals surface area contributed by atoms with E-state index in [0.717, 1.165) is 35.5 Å². The van der Waals surface area contributed by atoms with Crippen LogP contribution < -0.4 is 10.0 Å². The summed E-state index contributed by atoms with van der Waals surface area (Å²) in [6.07, 6.45) is 18.3. The maximum absolute atomic E-state index is 6.65. The van der Waals surface area contributed by atoms with Crippen LogP contribution in [0.3, 0.4) is 0 Å². The van der Waals surface area contributed by atoms with Crippen LogP contribution in [-0.4, -0.2) is 17.4 Å². The van der Waals surface area contributed by atoms with Crippen LogP contribution in [0.1, 0.15) is 159 Å². The molecule has 0 aliphatic heterocycles. The molecule has 0 atom stereocenters. The molecule has 8 aliphatic carbocycles. The average molecular weight is 625 g/mol. The Morgan fingerprint density at radius 3 is 1.33 bits per heavy atom. The molecule has 0 saturated heterocycles. The smallest absolute Gasteiger partial charge is 0.127 e. The van der Waals surface area contributed by atoms with Crippen LogP contribution in [0.5, 0.6) is 5.75 Å². The number of hydrogen-bond acceptors (Lipinski definition) is 1. The van der Waals surface area contributed by atoms with E-state index >= 15 is 0 Å². The molecule has 45 heavy (non-hydrogen) atoms. The fourth-order valence-corrected chi connectivity index (χ4v) is 18.8. The predicted octanol–water partition coefficient (Wildman–Crippen LogP) is 12.1. The van der Waals surface area contributed by atoms with Crippen LogP contribution >= 0.6 is 7.92 Å². The molecule has 8 aliphatic rings. The highest BCUT2D eigenvalue weighted by Crippen LogP contribution is 2.79. The maximum atomic E-state index is 6.65. The zero-order valence-electron chi connectivity index (χ0n) is 29.8. The first kappa shape index (κ1) is 31.0. The van der Waals surface area contributed by atoms with E-state index in [0.29, 0.717) is 28.1 Å². The standard InChI is InChI=1S/C43H61OP/c1-25(2)35-17-36(26(3)4)40(37(18-35)27(5)6)39-28(7)9-10-38(44-8)41(39)45(42-19-29-11-30(20-42)13-31(12-29)21-42)43-22-32-14-33(23-43)16-34(15-32)24-43/h9-10,17-18,25-27,29-34H,11-16,19-24H2,1-8H3. The minimum atomic E-state index is -0.400. The van der Waals surface area contributed by atoms with E-state index < -0.39 is 7.92 Å². The number of benzene rings is 2. The Balaban J connectivity index is 1.43. The summed E-state index contributed by atoms with van der Waals surface area (Å²) in [5, 5.41) is 2.76. The summed E-state index contributed by atoms with van der Waals surface area (Å²) < 4.78 is 6.65. The molecule has 0 amide bonds. The van der Waals surface area contributed by atoms with Crippen molar-refractivity contribution >= 4 is 13.2 Å². The molecule has 0 aromatic heterocycles. The zero-order chi connectivity index (χ0) is 31.4. The normalized spacial score (nSPS) is 37.0. The molecule has 0 unspecified atom stereocenters. The van der Waals surface area contributed by atoms with Gasteiger partial charge in [0, 0.05) is 5.30 Å². The molecule has 2 aromatic carbocycles. The number of aryl methyl sites for hydroxylation is 1. The summed E-state index contributed by atoms with van der Waals surface area (Å²) >= 11 is 0. The Bertz CT molecular complexity index is 1320. The largest absolute Gasteiger partial charge is 0.496 e. The van der Waals surface area contributed by atoms with Crippen LogP contribution in [-0.2, 0) is 0 Å². The minimum absolute atomic E-state index is 0.400. The van der Waals surface area contributed by atoms with Crippen LogP contribution in [0, 0.1) is 42.4 Å². The summed E-state index contributed by atoms with van der Waals surface area (Å²) in [6.45, 7) is 17.0. The Kier molecular flexibility index (Phi) is 7.64. The van der Waals surface area contributed by atoms with Gasteiger partial charge in [-0.05, 0) is 187 Å². The van der Waals surface area contributed by atoms with Gasteiger partial charge in [-0.15, -0.1) is 0 Å². The van der Waals surface area contributed by atoms with Gasteiger partial charge in [0.2, 0.25) is 0 Å². The Morgan fingerprint density at radius 2 is 1.00 bits per heavy atom. The summed E-state index contributed by atoms with van der Waals surface area (Å²) in [7, 11) is 1.60. The number of rotatable bonds is 8. The van der Waals surface area contributed by atoms with Gasteiger partial charge in [-0.25, -0.2) is 0 Å². The Labute approximate surface area is 276 Å². The predicted molar refractivity (Wildman–Crippen MR) is 194 cm³/mol. The van der Waals surface area contributed by atoms with E-state index in [1.54, 1.807) is 27.6 Å². The van der Waals surface area contributed by atoms with E-state index in [9.17, 15) is 0 Å². The first-order chi connectivity index (χ1) is 21.5. The lowest BCUT2D eigenvalue weighted by molar-refractivity contribution is 0.0195.